The van der Waals surface area contributed by atoms with Crippen LogP contribution < -0.4 is 11.1 Å². The number of nitrogens with two attached hydrogens (primary N) is 1. The number of anilines is 2. The van der Waals surface area contributed by atoms with Gasteiger partial charge in [-0.1, -0.05) is 23.2 Å². The molecule has 0 radical (unpaired) electrons. The van der Waals surface area contributed by atoms with Gasteiger partial charge >= 0.3 is 0 Å². The summed E-state index contributed by atoms with van der Waals surface area (Å²) in [6.07, 6.45) is 0. The highest BCUT2D eigenvalue weighted by molar-refractivity contribution is 6.37. The fraction of sp³-hybridized carbons (Fsp3) is 0.385. The third-order valence-corrected chi connectivity index (χ3v) is 3.18. The number of hydrogen-bond donors (Lipinski definition) is 2. The fourth-order valence-electron chi connectivity index (χ4n) is 1.58. The molecule has 0 aromatic heterocycles. The van der Waals surface area contributed by atoms with Crippen LogP contribution in [0, 0.1) is 0 Å². The van der Waals surface area contributed by atoms with Crippen molar-refractivity contribution in [2.75, 3.05) is 45.3 Å². The average Bonchev–Trinajstić information content (AvgIpc) is 2.33. The zero-order valence-electron chi connectivity index (χ0n) is 12.1. The van der Waals surface area contributed by atoms with Crippen LogP contribution in [0.3, 0.4) is 0 Å². The minimum atomic E-state index is -0.319. The van der Waals surface area contributed by atoms with Gasteiger partial charge in [-0.25, -0.2) is 0 Å². The van der Waals surface area contributed by atoms with Crippen molar-refractivity contribution in [3.63, 3.8) is 0 Å². The van der Waals surface area contributed by atoms with E-state index in [4.69, 9.17) is 28.9 Å². The monoisotopic (exact) mass is 332 g/mol. The van der Waals surface area contributed by atoms with E-state index < -0.39 is 0 Å². The number of rotatable bonds is 5. The van der Waals surface area contributed by atoms with Crippen LogP contribution in [0.4, 0.5) is 11.4 Å². The lowest BCUT2D eigenvalue weighted by Crippen LogP contribution is -2.38. The van der Waals surface area contributed by atoms with Crippen LogP contribution in [0.2, 0.25) is 10.0 Å². The highest BCUT2D eigenvalue weighted by atomic mass is 35.5. The van der Waals surface area contributed by atoms with Crippen molar-refractivity contribution in [2.45, 2.75) is 0 Å². The number of halogens is 2. The molecule has 0 saturated carbocycles. The largest absolute Gasteiger partial charge is 0.397 e. The molecule has 0 heterocycles. The van der Waals surface area contributed by atoms with E-state index in [1.54, 1.807) is 26.0 Å². The van der Waals surface area contributed by atoms with E-state index in [1.807, 2.05) is 0 Å². The Morgan fingerprint density at radius 3 is 2.33 bits per heavy atom. The van der Waals surface area contributed by atoms with Gasteiger partial charge in [-0.15, -0.1) is 0 Å². The van der Waals surface area contributed by atoms with Crippen molar-refractivity contribution >= 4 is 46.4 Å². The van der Waals surface area contributed by atoms with E-state index in [9.17, 15) is 9.59 Å². The highest BCUT2D eigenvalue weighted by Crippen LogP contribution is 2.31. The van der Waals surface area contributed by atoms with Crippen molar-refractivity contribution in [3.8, 4) is 0 Å². The highest BCUT2D eigenvalue weighted by Gasteiger charge is 2.14. The van der Waals surface area contributed by atoms with E-state index >= 15 is 0 Å². The smallest absolute Gasteiger partial charge is 0.238 e. The maximum Gasteiger partial charge on any atom is 0.238 e. The summed E-state index contributed by atoms with van der Waals surface area (Å²) in [7, 11) is 4.99. The minimum absolute atomic E-state index is 0.0397. The molecular weight excluding hydrogens is 315 g/mol. The van der Waals surface area contributed by atoms with Crippen molar-refractivity contribution in [2.24, 2.45) is 0 Å². The Balaban J connectivity index is 2.64. The van der Waals surface area contributed by atoms with Gasteiger partial charge in [-0.2, -0.15) is 0 Å². The van der Waals surface area contributed by atoms with Crippen LogP contribution in [0.5, 0.6) is 0 Å². The van der Waals surface area contributed by atoms with Crippen LogP contribution in [0.15, 0.2) is 12.1 Å². The maximum absolute atomic E-state index is 11.9. The second-order valence-corrected chi connectivity index (χ2v) is 5.70. The number of likely N-dealkylation sites (N-methyl/N-ethyl adjacent to an activating group) is 2. The Kier molecular flexibility index (Phi) is 6.26. The second kappa shape index (κ2) is 7.49. The molecule has 3 N–H and O–H groups in total. The van der Waals surface area contributed by atoms with Gasteiger partial charge in [0.25, 0.3) is 0 Å². The predicted octanol–water partition coefficient (Wildman–Crippen LogP) is 1.53. The first-order chi connectivity index (χ1) is 9.70. The molecule has 0 aliphatic carbocycles. The van der Waals surface area contributed by atoms with Crippen LogP contribution in [-0.2, 0) is 9.59 Å². The summed E-state index contributed by atoms with van der Waals surface area (Å²) in [5.41, 5.74) is 6.37. The summed E-state index contributed by atoms with van der Waals surface area (Å²) >= 11 is 11.8. The van der Waals surface area contributed by atoms with Crippen molar-refractivity contribution < 1.29 is 9.59 Å². The van der Waals surface area contributed by atoms with Crippen molar-refractivity contribution in [1.82, 2.24) is 9.80 Å². The van der Waals surface area contributed by atoms with Crippen LogP contribution in [-0.4, -0.2) is 55.8 Å². The number of carbonyl (C=O) groups excluding carboxylic acids is 2. The van der Waals surface area contributed by atoms with Crippen LogP contribution >= 0.6 is 23.2 Å². The Morgan fingerprint density at radius 1 is 1.19 bits per heavy atom. The molecule has 0 aliphatic heterocycles. The molecule has 0 bridgehead atoms. The molecule has 2 amide bonds. The van der Waals surface area contributed by atoms with Gasteiger partial charge in [0.15, 0.2) is 0 Å². The van der Waals surface area contributed by atoms with Crippen LogP contribution in [0.1, 0.15) is 0 Å². The van der Waals surface area contributed by atoms with Gasteiger partial charge in [-0.3, -0.25) is 14.5 Å². The van der Waals surface area contributed by atoms with Gasteiger partial charge in [0.1, 0.15) is 0 Å². The van der Waals surface area contributed by atoms with Gasteiger partial charge < -0.3 is 16.0 Å². The SMILES string of the molecule is CN(CC(=O)Nc1c(N)cc(Cl)cc1Cl)CC(=O)N(C)C. The normalized spacial score (nSPS) is 10.6. The topological polar surface area (TPSA) is 78.7 Å². The zero-order valence-corrected chi connectivity index (χ0v) is 13.6. The number of nitrogens with zero attached hydrogens (tertiary/aromatic N) is 2. The average molecular weight is 333 g/mol. The van der Waals surface area contributed by atoms with Gasteiger partial charge in [-0.05, 0) is 19.2 Å². The molecule has 0 fully saturated rings. The Bertz CT molecular complexity index is 526. The van der Waals surface area contributed by atoms with E-state index in [-0.39, 0.29) is 35.6 Å². The van der Waals surface area contributed by atoms with Gasteiger partial charge in [0.2, 0.25) is 11.8 Å². The zero-order chi connectivity index (χ0) is 16.2. The Hall–Kier alpha value is -1.50. The van der Waals surface area contributed by atoms with E-state index in [0.717, 1.165) is 0 Å². The molecule has 1 aromatic rings. The quantitative estimate of drug-likeness (QED) is 0.801. The fourth-order valence-corrected chi connectivity index (χ4v) is 2.13. The summed E-state index contributed by atoms with van der Waals surface area (Å²) in [6, 6.07) is 3.00. The molecule has 0 spiro atoms. The first kappa shape index (κ1) is 17.6. The molecule has 1 rings (SSSR count). The molecule has 0 unspecified atom stereocenters. The summed E-state index contributed by atoms with van der Waals surface area (Å²) in [5, 5.41) is 3.27. The number of carbonyl (C=O) groups is 2. The maximum atomic E-state index is 11.9. The van der Waals surface area contributed by atoms with Gasteiger partial charge in [0.05, 0.1) is 29.5 Å². The molecule has 0 aliphatic rings. The lowest BCUT2D eigenvalue weighted by molar-refractivity contribution is -0.130. The summed E-state index contributed by atoms with van der Waals surface area (Å²) in [4.78, 5) is 26.5. The lowest BCUT2D eigenvalue weighted by atomic mass is 10.2. The number of nitrogens with one attached hydrogen (secondary N) is 1. The first-order valence-corrected chi connectivity index (χ1v) is 6.89. The summed E-state index contributed by atoms with van der Waals surface area (Å²) in [5.74, 6) is -0.408. The third kappa shape index (κ3) is 5.41. The predicted molar refractivity (Wildman–Crippen MR) is 85.7 cm³/mol. The minimum Gasteiger partial charge on any atom is -0.397 e. The molecule has 1 aromatic carbocycles. The molecule has 21 heavy (non-hydrogen) atoms. The Labute approximate surface area is 133 Å². The molecule has 0 saturated heterocycles. The molecule has 8 heteroatoms. The Morgan fingerprint density at radius 2 is 1.81 bits per heavy atom. The van der Waals surface area contributed by atoms with E-state index in [2.05, 4.69) is 5.32 Å². The third-order valence-electron chi connectivity index (χ3n) is 2.67. The lowest BCUT2D eigenvalue weighted by Gasteiger charge is -2.19. The number of hydrogen-bond acceptors (Lipinski definition) is 4. The van der Waals surface area contributed by atoms with Crippen LogP contribution in [0.25, 0.3) is 0 Å². The number of benzene rings is 1. The number of amides is 2. The van der Waals surface area contributed by atoms with Gasteiger partial charge in [0, 0.05) is 19.1 Å². The molecule has 116 valence electrons. The standard InChI is InChI=1S/C13H18Cl2N4O2/c1-18(2)12(21)7-19(3)6-11(20)17-13-9(15)4-8(14)5-10(13)16/h4-5H,6-7,16H2,1-3H3,(H,17,20). The van der Waals surface area contributed by atoms with E-state index in [0.29, 0.717) is 10.7 Å². The second-order valence-electron chi connectivity index (χ2n) is 4.86. The van der Waals surface area contributed by atoms with E-state index in [1.165, 1.54) is 17.0 Å². The van der Waals surface area contributed by atoms with Crippen molar-refractivity contribution in [3.05, 3.63) is 22.2 Å². The number of nitrogen functional groups attached to an aromatic ring is 1. The summed E-state index contributed by atoms with van der Waals surface area (Å²) in [6.45, 7) is 0.183. The molecule has 0 atom stereocenters. The van der Waals surface area contributed by atoms with Crippen molar-refractivity contribution in [1.29, 1.82) is 0 Å². The first-order valence-electron chi connectivity index (χ1n) is 6.13. The molecular formula is C13H18Cl2N4O2. The summed E-state index contributed by atoms with van der Waals surface area (Å²) < 4.78 is 0. The molecule has 6 nitrogen and oxygen atoms in total.